The molecular weight excluding hydrogens is 288 g/mol. The molecule has 3 rings (SSSR count). The molecule has 102 valence electrons. The number of aromatic nitrogens is 2. The van der Waals surface area contributed by atoms with Crippen molar-refractivity contribution in [3.05, 3.63) is 57.8 Å². The fourth-order valence-electron chi connectivity index (χ4n) is 2.36. The van der Waals surface area contributed by atoms with Crippen LogP contribution in [0.3, 0.4) is 0 Å². The molecule has 0 aliphatic rings. The highest BCUT2D eigenvalue weighted by Crippen LogP contribution is 2.25. The van der Waals surface area contributed by atoms with E-state index in [9.17, 15) is 0 Å². The maximum atomic E-state index is 6.11. The molecule has 2 nitrogen and oxygen atoms in total. The largest absolute Gasteiger partial charge is 0.330 e. The molecule has 20 heavy (non-hydrogen) atoms. The van der Waals surface area contributed by atoms with Crippen LogP contribution in [-0.2, 0) is 0 Å². The van der Waals surface area contributed by atoms with Gasteiger partial charge in [-0.3, -0.25) is 4.57 Å². The van der Waals surface area contributed by atoms with Gasteiger partial charge in [-0.05, 0) is 54.0 Å². The Morgan fingerprint density at radius 3 is 2.70 bits per heavy atom. The van der Waals surface area contributed by atoms with Crippen LogP contribution in [0.25, 0.3) is 16.7 Å². The highest BCUT2D eigenvalue weighted by molar-refractivity contribution is 7.71. The molecule has 1 N–H and O–H groups in total. The van der Waals surface area contributed by atoms with Crippen molar-refractivity contribution in [3.8, 4) is 5.69 Å². The zero-order valence-corrected chi connectivity index (χ0v) is 12.9. The molecule has 0 saturated carbocycles. The number of aromatic amines is 1. The van der Waals surface area contributed by atoms with Gasteiger partial charge in [0.1, 0.15) is 0 Å². The molecule has 2 aromatic carbocycles. The summed E-state index contributed by atoms with van der Waals surface area (Å²) in [6, 6.07) is 14.2. The van der Waals surface area contributed by atoms with Crippen LogP contribution in [0.5, 0.6) is 0 Å². The number of rotatable bonds is 2. The zero-order valence-electron chi connectivity index (χ0n) is 11.4. The molecule has 0 bridgehead atoms. The van der Waals surface area contributed by atoms with Crippen molar-refractivity contribution in [2.45, 2.75) is 19.8 Å². The molecular formula is C16H15ClN2S. The van der Waals surface area contributed by atoms with Crippen LogP contribution in [-0.4, -0.2) is 9.55 Å². The minimum Gasteiger partial charge on any atom is -0.330 e. The van der Waals surface area contributed by atoms with E-state index in [2.05, 4.69) is 43.1 Å². The number of nitrogens with zero attached hydrogens (tertiary/aromatic N) is 1. The van der Waals surface area contributed by atoms with Gasteiger partial charge in [0.25, 0.3) is 0 Å². The maximum Gasteiger partial charge on any atom is 0.182 e. The summed E-state index contributed by atoms with van der Waals surface area (Å²) >= 11 is 11.6. The van der Waals surface area contributed by atoms with Crippen molar-refractivity contribution >= 4 is 34.9 Å². The van der Waals surface area contributed by atoms with E-state index in [-0.39, 0.29) is 0 Å². The minimum absolute atomic E-state index is 0.484. The van der Waals surface area contributed by atoms with Gasteiger partial charge in [-0.25, -0.2) is 0 Å². The molecule has 0 unspecified atom stereocenters. The van der Waals surface area contributed by atoms with E-state index >= 15 is 0 Å². The second-order valence-corrected chi connectivity index (χ2v) is 6.00. The number of benzene rings is 2. The van der Waals surface area contributed by atoms with E-state index in [0.29, 0.717) is 15.7 Å². The van der Waals surface area contributed by atoms with Crippen molar-refractivity contribution in [2.75, 3.05) is 0 Å². The summed E-state index contributed by atoms with van der Waals surface area (Å²) in [7, 11) is 0. The number of hydrogen-bond donors (Lipinski definition) is 1. The number of fused-ring (bicyclic) bond motifs is 1. The summed E-state index contributed by atoms with van der Waals surface area (Å²) in [5.41, 5.74) is 4.35. The Balaban J connectivity index is 2.29. The van der Waals surface area contributed by atoms with E-state index in [1.54, 1.807) is 0 Å². The molecule has 0 atom stereocenters. The predicted molar refractivity (Wildman–Crippen MR) is 87.6 cm³/mol. The third-order valence-electron chi connectivity index (χ3n) is 3.44. The lowest BCUT2D eigenvalue weighted by molar-refractivity contribution is 0.863. The van der Waals surface area contributed by atoms with Crippen LogP contribution in [0.15, 0.2) is 42.5 Å². The Labute approximate surface area is 128 Å². The molecule has 1 aromatic heterocycles. The van der Waals surface area contributed by atoms with Crippen LogP contribution >= 0.6 is 23.8 Å². The van der Waals surface area contributed by atoms with Gasteiger partial charge in [0.15, 0.2) is 4.77 Å². The molecule has 0 saturated heterocycles. The van der Waals surface area contributed by atoms with Crippen molar-refractivity contribution in [3.63, 3.8) is 0 Å². The Hall–Kier alpha value is -1.58. The predicted octanol–water partition coefficient (Wildman–Crippen LogP) is 5.46. The Bertz CT molecular complexity index is 830. The average molecular weight is 303 g/mol. The summed E-state index contributed by atoms with van der Waals surface area (Å²) in [5, 5.41) is 0.709. The molecule has 1 heterocycles. The van der Waals surface area contributed by atoms with E-state index < -0.39 is 0 Å². The van der Waals surface area contributed by atoms with Crippen LogP contribution in [0.2, 0.25) is 5.02 Å². The lowest BCUT2D eigenvalue weighted by Crippen LogP contribution is -1.96. The monoisotopic (exact) mass is 302 g/mol. The Morgan fingerprint density at radius 1 is 1.15 bits per heavy atom. The molecule has 0 aliphatic carbocycles. The van der Waals surface area contributed by atoms with Gasteiger partial charge in [0.2, 0.25) is 0 Å². The highest BCUT2D eigenvalue weighted by atomic mass is 35.5. The zero-order chi connectivity index (χ0) is 14.3. The Kier molecular flexibility index (Phi) is 3.40. The van der Waals surface area contributed by atoms with Crippen LogP contribution in [0.4, 0.5) is 0 Å². The highest BCUT2D eigenvalue weighted by Gasteiger charge is 2.08. The molecule has 0 aliphatic heterocycles. The second kappa shape index (κ2) is 5.08. The molecule has 0 fully saturated rings. The van der Waals surface area contributed by atoms with Crippen LogP contribution in [0, 0.1) is 4.77 Å². The second-order valence-electron chi connectivity index (χ2n) is 5.18. The standard InChI is InChI=1S/C16H15ClN2S/c1-10(2)11-4-3-5-13(8-11)19-15-9-12(17)6-7-14(15)18-16(19)20/h3-10H,1-2H3,(H,18,20). The van der Waals surface area contributed by atoms with Gasteiger partial charge >= 0.3 is 0 Å². The van der Waals surface area contributed by atoms with Gasteiger partial charge in [-0.1, -0.05) is 37.6 Å². The number of halogens is 1. The first-order valence-electron chi connectivity index (χ1n) is 6.57. The van der Waals surface area contributed by atoms with E-state index in [4.69, 9.17) is 23.8 Å². The maximum absolute atomic E-state index is 6.11. The smallest absolute Gasteiger partial charge is 0.182 e. The van der Waals surface area contributed by atoms with Gasteiger partial charge in [0, 0.05) is 10.7 Å². The number of H-pyrrole nitrogens is 1. The van der Waals surface area contributed by atoms with Gasteiger partial charge in [-0.15, -0.1) is 0 Å². The third-order valence-corrected chi connectivity index (χ3v) is 3.96. The van der Waals surface area contributed by atoms with Crippen molar-refractivity contribution in [1.29, 1.82) is 0 Å². The van der Waals surface area contributed by atoms with Crippen molar-refractivity contribution < 1.29 is 0 Å². The van der Waals surface area contributed by atoms with E-state index in [1.807, 2.05) is 22.8 Å². The number of imidazole rings is 1. The number of hydrogen-bond acceptors (Lipinski definition) is 1. The summed E-state index contributed by atoms with van der Waals surface area (Å²) in [4.78, 5) is 3.22. The van der Waals surface area contributed by atoms with Crippen LogP contribution in [0.1, 0.15) is 25.3 Å². The number of nitrogens with one attached hydrogen (secondary N) is 1. The summed E-state index contributed by atoms with van der Waals surface area (Å²) in [5.74, 6) is 0.484. The first-order valence-corrected chi connectivity index (χ1v) is 7.35. The SMILES string of the molecule is CC(C)c1cccc(-n2c(=S)[nH]c3ccc(Cl)cc32)c1. The Morgan fingerprint density at radius 2 is 1.95 bits per heavy atom. The first-order chi connectivity index (χ1) is 9.56. The molecule has 0 amide bonds. The topological polar surface area (TPSA) is 20.7 Å². The summed E-state index contributed by atoms with van der Waals surface area (Å²) < 4.78 is 2.71. The van der Waals surface area contributed by atoms with Crippen molar-refractivity contribution in [1.82, 2.24) is 9.55 Å². The van der Waals surface area contributed by atoms with Gasteiger partial charge in [0.05, 0.1) is 11.0 Å². The molecule has 4 heteroatoms. The van der Waals surface area contributed by atoms with E-state index in [0.717, 1.165) is 16.7 Å². The fraction of sp³-hybridized carbons (Fsp3) is 0.188. The summed E-state index contributed by atoms with van der Waals surface area (Å²) in [6.45, 7) is 4.37. The lowest BCUT2D eigenvalue weighted by atomic mass is 10.0. The van der Waals surface area contributed by atoms with E-state index in [1.165, 1.54) is 5.56 Å². The van der Waals surface area contributed by atoms with Gasteiger partial charge < -0.3 is 4.98 Å². The normalized spacial score (nSPS) is 11.4. The third kappa shape index (κ3) is 2.28. The first kappa shape index (κ1) is 13.4. The summed E-state index contributed by atoms with van der Waals surface area (Å²) in [6.07, 6.45) is 0. The van der Waals surface area contributed by atoms with Crippen molar-refractivity contribution in [2.24, 2.45) is 0 Å². The fourth-order valence-corrected chi connectivity index (χ4v) is 2.84. The lowest BCUT2D eigenvalue weighted by Gasteiger charge is -2.10. The molecule has 3 aromatic rings. The van der Waals surface area contributed by atoms with Gasteiger partial charge in [-0.2, -0.15) is 0 Å². The average Bonchev–Trinajstić information content (AvgIpc) is 2.74. The quantitative estimate of drug-likeness (QED) is 0.623. The van der Waals surface area contributed by atoms with Crippen LogP contribution < -0.4 is 0 Å². The molecule has 0 radical (unpaired) electrons. The minimum atomic E-state index is 0.484. The molecule has 0 spiro atoms.